The molecule has 0 amide bonds. The molecule has 0 aliphatic carbocycles. The summed E-state index contributed by atoms with van der Waals surface area (Å²) < 4.78 is 6.58. The fourth-order valence-electron chi connectivity index (χ4n) is 0.880. The van der Waals surface area contributed by atoms with E-state index in [9.17, 15) is 0 Å². The maximum Gasteiger partial charge on any atom is 0.266 e. The Morgan fingerprint density at radius 1 is 1.60 bits per heavy atom. The van der Waals surface area contributed by atoms with Gasteiger partial charge in [0.2, 0.25) is 0 Å². The molecule has 0 aliphatic rings. The van der Waals surface area contributed by atoms with Crippen LogP contribution in [0, 0.1) is 5.53 Å². The van der Waals surface area contributed by atoms with Crippen LogP contribution in [-0.2, 0) is 0 Å². The van der Waals surface area contributed by atoms with Crippen molar-refractivity contribution in [2.45, 2.75) is 0 Å². The summed E-state index contributed by atoms with van der Waals surface area (Å²) in [5, 5.41) is 3.14. The first-order chi connectivity index (χ1) is 4.90. The van der Waals surface area contributed by atoms with Gasteiger partial charge in [0.25, 0.3) is 5.88 Å². The molecule has 0 radical (unpaired) electrons. The van der Waals surface area contributed by atoms with E-state index in [0.29, 0.717) is 5.88 Å². The highest BCUT2D eigenvalue weighted by Gasteiger charge is 1.98. The van der Waals surface area contributed by atoms with Gasteiger partial charge in [0.1, 0.15) is 0 Å². The summed E-state index contributed by atoms with van der Waals surface area (Å²) in [5.74, 6) is 0.329. The minimum Gasteiger partial charge on any atom is -0.353 e. The summed E-state index contributed by atoms with van der Waals surface area (Å²) in [5.41, 5.74) is 7.56. The minimum atomic E-state index is 0.329. The van der Waals surface area contributed by atoms with Gasteiger partial charge in [-0.2, -0.15) is 4.57 Å². The Labute approximate surface area is 56.5 Å². The van der Waals surface area contributed by atoms with Gasteiger partial charge in [-0.05, 0) is 12.1 Å². The van der Waals surface area contributed by atoms with Crippen LogP contribution in [0.25, 0.3) is 5.52 Å². The predicted molar refractivity (Wildman–Crippen MR) is 34.5 cm³/mol. The Kier molecular flexibility index (Phi) is 0.887. The molecule has 2 heterocycles. The maximum absolute atomic E-state index is 6.63. The first kappa shape index (κ1) is 5.22. The van der Waals surface area contributed by atoms with Crippen molar-refractivity contribution in [1.82, 2.24) is 4.57 Å². The van der Waals surface area contributed by atoms with Crippen LogP contribution in [0.4, 0.5) is 5.88 Å². The quantitative estimate of drug-likeness (QED) is 0.598. The van der Waals surface area contributed by atoms with E-state index in [1.54, 1.807) is 16.8 Å². The normalized spacial score (nSPS) is 10.4. The second kappa shape index (κ2) is 1.70. The zero-order chi connectivity index (χ0) is 6.97. The molecule has 0 unspecified atom stereocenters. The molecule has 10 heavy (non-hydrogen) atoms. The maximum atomic E-state index is 6.63. The van der Waals surface area contributed by atoms with Crippen molar-refractivity contribution in [3.8, 4) is 0 Å². The Bertz CT molecular complexity index is 331. The fourth-order valence-corrected chi connectivity index (χ4v) is 0.880. The summed E-state index contributed by atoms with van der Waals surface area (Å²) >= 11 is 0. The molecule has 0 spiro atoms. The van der Waals surface area contributed by atoms with Crippen LogP contribution >= 0.6 is 0 Å². The van der Waals surface area contributed by atoms with Gasteiger partial charge in [0.15, 0.2) is 0 Å². The van der Waals surface area contributed by atoms with Crippen LogP contribution in [0.5, 0.6) is 0 Å². The molecule has 0 bridgehead atoms. The fraction of sp³-hybridized carbons (Fsp3) is 0. The number of rotatable bonds is 1. The summed E-state index contributed by atoms with van der Waals surface area (Å²) in [7, 11) is 0. The molecule has 4 heteroatoms. The third-order valence-electron chi connectivity index (χ3n) is 1.32. The summed E-state index contributed by atoms with van der Waals surface area (Å²) in [6, 6.07) is 5.46. The smallest absolute Gasteiger partial charge is 0.266 e. The lowest BCUT2D eigenvalue weighted by atomic mass is 10.5. The molecule has 2 aromatic heterocycles. The standard InChI is InChI=1S/C6H5N3O/c7-8-6-4-5-2-1-3-9(5)10-6/h1-4,7H. The van der Waals surface area contributed by atoms with Crippen LogP contribution in [0.3, 0.4) is 0 Å². The van der Waals surface area contributed by atoms with Gasteiger partial charge in [-0.3, -0.25) is 0 Å². The van der Waals surface area contributed by atoms with Crippen molar-refractivity contribution in [3.63, 3.8) is 0 Å². The van der Waals surface area contributed by atoms with Crippen LogP contribution < -0.4 is 0 Å². The molecule has 4 nitrogen and oxygen atoms in total. The van der Waals surface area contributed by atoms with Gasteiger partial charge in [-0.15, -0.1) is 5.11 Å². The van der Waals surface area contributed by atoms with Gasteiger partial charge < -0.3 is 4.52 Å². The molecule has 0 fully saturated rings. The number of hydrogen-bond acceptors (Lipinski definition) is 3. The van der Waals surface area contributed by atoms with Crippen LogP contribution in [0.1, 0.15) is 0 Å². The van der Waals surface area contributed by atoms with Gasteiger partial charge in [-0.25, -0.2) is 5.53 Å². The molecule has 50 valence electrons. The summed E-state index contributed by atoms with van der Waals surface area (Å²) in [6.07, 6.45) is 1.77. The minimum absolute atomic E-state index is 0.329. The van der Waals surface area contributed by atoms with Crippen LogP contribution in [-0.4, -0.2) is 4.57 Å². The molecular formula is C6H5N3O. The Morgan fingerprint density at radius 3 is 3.20 bits per heavy atom. The number of aromatic nitrogens is 1. The first-order valence-corrected chi connectivity index (χ1v) is 2.85. The first-order valence-electron chi connectivity index (χ1n) is 2.85. The monoisotopic (exact) mass is 135 g/mol. The highest BCUT2D eigenvalue weighted by atomic mass is 16.5. The molecule has 0 aromatic carbocycles. The van der Waals surface area contributed by atoms with Crippen molar-refractivity contribution >= 4 is 11.4 Å². The van der Waals surface area contributed by atoms with Gasteiger partial charge in [-0.1, -0.05) is 0 Å². The van der Waals surface area contributed by atoms with E-state index in [0.717, 1.165) is 5.52 Å². The zero-order valence-corrected chi connectivity index (χ0v) is 5.11. The lowest BCUT2D eigenvalue weighted by Gasteiger charge is -1.77. The van der Waals surface area contributed by atoms with Crippen molar-refractivity contribution in [2.24, 2.45) is 5.11 Å². The summed E-state index contributed by atoms with van der Waals surface area (Å²) in [4.78, 5) is 0. The molecule has 0 atom stereocenters. The number of nitrogens with one attached hydrogen (secondary N) is 1. The lowest BCUT2D eigenvalue weighted by Crippen LogP contribution is -1.65. The molecule has 0 aliphatic heterocycles. The highest BCUT2D eigenvalue weighted by Crippen LogP contribution is 2.17. The molecule has 0 saturated heterocycles. The summed E-state index contributed by atoms with van der Waals surface area (Å²) in [6.45, 7) is 0. The second-order valence-corrected chi connectivity index (χ2v) is 1.94. The Morgan fingerprint density at radius 2 is 2.50 bits per heavy atom. The van der Waals surface area contributed by atoms with E-state index in [2.05, 4.69) is 5.11 Å². The van der Waals surface area contributed by atoms with Crippen LogP contribution in [0.2, 0.25) is 0 Å². The van der Waals surface area contributed by atoms with Crippen molar-refractivity contribution in [1.29, 1.82) is 5.53 Å². The topological polar surface area (TPSA) is 53.8 Å². The molecular weight excluding hydrogens is 130 g/mol. The van der Waals surface area contributed by atoms with E-state index in [1.807, 2.05) is 12.1 Å². The lowest BCUT2D eigenvalue weighted by molar-refractivity contribution is 0.384. The van der Waals surface area contributed by atoms with Gasteiger partial charge in [0, 0.05) is 12.3 Å². The van der Waals surface area contributed by atoms with Gasteiger partial charge in [0.05, 0.1) is 5.52 Å². The van der Waals surface area contributed by atoms with Crippen molar-refractivity contribution in [2.75, 3.05) is 0 Å². The van der Waals surface area contributed by atoms with E-state index in [1.165, 1.54) is 0 Å². The molecule has 1 N–H and O–H groups in total. The third-order valence-corrected chi connectivity index (χ3v) is 1.32. The number of fused-ring (bicyclic) bond motifs is 1. The van der Waals surface area contributed by atoms with E-state index >= 15 is 0 Å². The van der Waals surface area contributed by atoms with E-state index in [-0.39, 0.29) is 0 Å². The van der Waals surface area contributed by atoms with Crippen molar-refractivity contribution in [3.05, 3.63) is 24.4 Å². The Hall–Kier alpha value is -1.58. The third kappa shape index (κ3) is 0.556. The van der Waals surface area contributed by atoms with E-state index < -0.39 is 0 Å². The average Bonchev–Trinajstić information content (AvgIpc) is 2.42. The van der Waals surface area contributed by atoms with Gasteiger partial charge >= 0.3 is 0 Å². The van der Waals surface area contributed by atoms with Crippen molar-refractivity contribution < 1.29 is 4.52 Å². The Balaban J connectivity index is 2.78. The highest BCUT2D eigenvalue weighted by molar-refractivity contribution is 5.51. The SMILES string of the molecule is N=Nc1cc2cccn2o1. The predicted octanol–water partition coefficient (Wildman–Crippen LogP) is 2.19. The molecule has 2 aromatic rings. The number of nitrogens with zero attached hydrogens (tertiary/aromatic N) is 2. The molecule has 2 rings (SSSR count). The van der Waals surface area contributed by atoms with Crippen LogP contribution in [0.15, 0.2) is 34.0 Å². The largest absolute Gasteiger partial charge is 0.353 e. The molecule has 0 saturated carbocycles. The zero-order valence-electron chi connectivity index (χ0n) is 5.11. The number of hydrogen-bond donors (Lipinski definition) is 1. The second-order valence-electron chi connectivity index (χ2n) is 1.94. The van der Waals surface area contributed by atoms with E-state index in [4.69, 9.17) is 10.1 Å². The average molecular weight is 135 g/mol.